The van der Waals surface area contributed by atoms with E-state index in [0.717, 1.165) is 62.8 Å². The maximum absolute atomic E-state index is 13.6. The summed E-state index contributed by atoms with van der Waals surface area (Å²) in [6.07, 6.45) is 2.87. The van der Waals surface area contributed by atoms with Crippen LogP contribution >= 0.6 is 0 Å². The topological polar surface area (TPSA) is 68.6 Å². The summed E-state index contributed by atoms with van der Waals surface area (Å²) < 4.78 is 13.1. The molecule has 0 saturated carbocycles. The summed E-state index contributed by atoms with van der Waals surface area (Å²) in [5.74, 6) is 0.318. The highest BCUT2D eigenvalue weighted by Gasteiger charge is 2.32. The summed E-state index contributed by atoms with van der Waals surface area (Å²) in [4.78, 5) is 16.1. The first-order valence-electron chi connectivity index (χ1n) is 12.5. The fourth-order valence-corrected chi connectivity index (χ4v) is 5.18. The Morgan fingerprint density at radius 2 is 1.89 bits per heavy atom. The Balaban J connectivity index is 1.43. The first kappa shape index (κ1) is 23.7. The smallest absolute Gasteiger partial charge is 0.255 e. The molecular formula is C28H34N4O3. The van der Waals surface area contributed by atoms with Gasteiger partial charge >= 0.3 is 0 Å². The quantitative estimate of drug-likeness (QED) is 0.567. The first-order chi connectivity index (χ1) is 17.1. The van der Waals surface area contributed by atoms with Gasteiger partial charge in [0.05, 0.1) is 31.1 Å². The lowest BCUT2D eigenvalue weighted by Gasteiger charge is -2.37. The number of aryl methyl sites for hydroxylation is 2. The van der Waals surface area contributed by atoms with Gasteiger partial charge in [-0.2, -0.15) is 5.10 Å². The van der Waals surface area contributed by atoms with Gasteiger partial charge in [0.25, 0.3) is 5.91 Å². The molecular weight excluding hydrogens is 440 g/mol. The van der Waals surface area contributed by atoms with E-state index in [-0.39, 0.29) is 11.9 Å². The van der Waals surface area contributed by atoms with Gasteiger partial charge in [-0.3, -0.25) is 9.69 Å². The van der Waals surface area contributed by atoms with Crippen molar-refractivity contribution in [2.24, 2.45) is 5.92 Å². The third-order valence-corrected chi connectivity index (χ3v) is 7.11. The standard InChI is InChI=1S/C28H34N4O3/c1-20-8-9-24(21(2)16-20)27-25(18-32(30-27)23-6-4-3-5-7-23)28(33)29-17-26(22-10-13-35-19-22)31-11-14-34-15-12-31/h3-9,16,18,22,26H,10-15,17,19H2,1-2H3,(H,29,33). The number of rotatable bonds is 7. The fourth-order valence-electron chi connectivity index (χ4n) is 5.18. The number of amides is 1. The Bertz CT molecular complexity index is 1150. The molecule has 2 saturated heterocycles. The number of carbonyl (C=O) groups is 1. The molecule has 1 amide bonds. The Labute approximate surface area is 207 Å². The molecule has 3 heterocycles. The van der Waals surface area contributed by atoms with Crippen molar-refractivity contribution in [1.82, 2.24) is 20.0 Å². The lowest BCUT2D eigenvalue weighted by atomic mass is 9.96. The summed E-state index contributed by atoms with van der Waals surface area (Å²) in [6, 6.07) is 16.4. The van der Waals surface area contributed by atoms with Crippen molar-refractivity contribution in [1.29, 1.82) is 0 Å². The predicted octanol–water partition coefficient (Wildman–Crippen LogP) is 3.62. The molecule has 0 spiro atoms. The molecule has 0 radical (unpaired) electrons. The van der Waals surface area contributed by atoms with Crippen LogP contribution in [0.15, 0.2) is 54.7 Å². The summed E-state index contributed by atoms with van der Waals surface area (Å²) in [5.41, 5.74) is 5.48. The zero-order chi connectivity index (χ0) is 24.2. The maximum atomic E-state index is 13.6. The van der Waals surface area contributed by atoms with Gasteiger partial charge < -0.3 is 14.8 Å². The fraction of sp³-hybridized carbons (Fsp3) is 0.429. The lowest BCUT2D eigenvalue weighted by molar-refractivity contribution is 0.00166. The Hall–Kier alpha value is -3.00. The lowest BCUT2D eigenvalue weighted by Crippen LogP contribution is -2.52. The highest BCUT2D eigenvalue weighted by molar-refractivity contribution is 6.00. The second-order valence-electron chi connectivity index (χ2n) is 9.54. The van der Waals surface area contributed by atoms with E-state index in [9.17, 15) is 4.79 Å². The van der Waals surface area contributed by atoms with Crippen LogP contribution in [0.1, 0.15) is 27.9 Å². The van der Waals surface area contributed by atoms with E-state index in [1.54, 1.807) is 4.68 Å². The van der Waals surface area contributed by atoms with Crippen molar-refractivity contribution in [2.45, 2.75) is 26.3 Å². The molecule has 1 aromatic heterocycles. The molecule has 0 aliphatic carbocycles. The van der Waals surface area contributed by atoms with E-state index >= 15 is 0 Å². The van der Waals surface area contributed by atoms with Crippen molar-refractivity contribution in [3.05, 3.63) is 71.4 Å². The molecule has 2 aliphatic rings. The van der Waals surface area contributed by atoms with Crippen LogP contribution in [0.25, 0.3) is 16.9 Å². The van der Waals surface area contributed by atoms with Crippen LogP contribution < -0.4 is 5.32 Å². The summed E-state index contributed by atoms with van der Waals surface area (Å²) in [6.45, 7) is 9.50. The van der Waals surface area contributed by atoms with Crippen LogP contribution in [0.3, 0.4) is 0 Å². The van der Waals surface area contributed by atoms with E-state index in [1.165, 1.54) is 5.56 Å². The summed E-state index contributed by atoms with van der Waals surface area (Å²) in [7, 11) is 0. The van der Waals surface area contributed by atoms with Gasteiger partial charge in [-0.05, 0) is 38.0 Å². The number of hydrogen-bond donors (Lipinski definition) is 1. The Morgan fingerprint density at radius 1 is 1.09 bits per heavy atom. The number of nitrogens with zero attached hydrogens (tertiary/aromatic N) is 3. The predicted molar refractivity (Wildman–Crippen MR) is 136 cm³/mol. The molecule has 2 aliphatic heterocycles. The van der Waals surface area contributed by atoms with Crippen LogP contribution in [0.2, 0.25) is 0 Å². The average Bonchev–Trinajstić information content (AvgIpc) is 3.56. The zero-order valence-electron chi connectivity index (χ0n) is 20.6. The van der Waals surface area contributed by atoms with Crippen molar-refractivity contribution in [3.63, 3.8) is 0 Å². The second kappa shape index (κ2) is 10.7. The third-order valence-electron chi connectivity index (χ3n) is 7.11. The Morgan fingerprint density at radius 3 is 2.60 bits per heavy atom. The molecule has 184 valence electrons. The van der Waals surface area contributed by atoms with Gasteiger partial charge in [-0.1, -0.05) is 42.0 Å². The van der Waals surface area contributed by atoms with Crippen LogP contribution in [0, 0.1) is 19.8 Å². The maximum Gasteiger partial charge on any atom is 0.255 e. The number of nitrogens with one attached hydrogen (secondary N) is 1. The molecule has 1 N–H and O–H groups in total. The highest BCUT2D eigenvalue weighted by Crippen LogP contribution is 2.28. The van der Waals surface area contributed by atoms with Crippen LogP contribution in [-0.2, 0) is 9.47 Å². The van der Waals surface area contributed by atoms with Crippen LogP contribution in [-0.4, -0.2) is 72.7 Å². The van der Waals surface area contributed by atoms with Gasteiger partial charge in [0, 0.05) is 50.0 Å². The van der Waals surface area contributed by atoms with E-state index < -0.39 is 0 Å². The monoisotopic (exact) mass is 474 g/mol. The highest BCUT2D eigenvalue weighted by atomic mass is 16.5. The summed E-state index contributed by atoms with van der Waals surface area (Å²) in [5, 5.41) is 8.11. The number of para-hydroxylation sites is 1. The number of hydrogen-bond acceptors (Lipinski definition) is 5. The molecule has 5 rings (SSSR count). The molecule has 2 atom stereocenters. The minimum atomic E-state index is -0.0978. The molecule has 2 aromatic carbocycles. The van der Waals surface area contributed by atoms with Gasteiger partial charge in [0.2, 0.25) is 0 Å². The minimum Gasteiger partial charge on any atom is -0.381 e. The van der Waals surface area contributed by atoms with E-state index in [4.69, 9.17) is 14.6 Å². The van der Waals surface area contributed by atoms with E-state index in [0.29, 0.717) is 23.7 Å². The number of ether oxygens (including phenoxy) is 2. The molecule has 0 bridgehead atoms. The zero-order valence-corrected chi connectivity index (χ0v) is 20.6. The van der Waals surface area contributed by atoms with Crippen molar-refractivity contribution in [2.75, 3.05) is 46.1 Å². The molecule has 3 aromatic rings. The normalized spacial score (nSPS) is 19.5. The van der Waals surface area contributed by atoms with E-state index in [1.807, 2.05) is 36.5 Å². The van der Waals surface area contributed by atoms with Gasteiger partial charge in [0.1, 0.15) is 5.69 Å². The molecule has 35 heavy (non-hydrogen) atoms. The van der Waals surface area contributed by atoms with Crippen molar-refractivity contribution < 1.29 is 14.3 Å². The second-order valence-corrected chi connectivity index (χ2v) is 9.54. The summed E-state index contributed by atoms with van der Waals surface area (Å²) >= 11 is 0. The number of carbonyl (C=O) groups excluding carboxylic acids is 1. The first-order valence-corrected chi connectivity index (χ1v) is 12.5. The van der Waals surface area contributed by atoms with Gasteiger partial charge in [0.15, 0.2) is 0 Å². The van der Waals surface area contributed by atoms with Crippen LogP contribution in [0.5, 0.6) is 0 Å². The van der Waals surface area contributed by atoms with Crippen LogP contribution in [0.4, 0.5) is 0 Å². The van der Waals surface area contributed by atoms with E-state index in [2.05, 4.69) is 42.3 Å². The minimum absolute atomic E-state index is 0.0978. The molecule has 7 heteroatoms. The number of morpholine rings is 1. The SMILES string of the molecule is Cc1ccc(-c2nn(-c3ccccc3)cc2C(=O)NCC(C2CCOC2)N2CCOCC2)c(C)c1. The van der Waals surface area contributed by atoms with Gasteiger partial charge in [-0.15, -0.1) is 0 Å². The molecule has 2 fully saturated rings. The number of benzene rings is 2. The Kier molecular flexibility index (Phi) is 7.27. The van der Waals surface area contributed by atoms with Crippen molar-refractivity contribution in [3.8, 4) is 16.9 Å². The van der Waals surface area contributed by atoms with Crippen molar-refractivity contribution >= 4 is 5.91 Å². The molecule has 2 unspecified atom stereocenters. The largest absolute Gasteiger partial charge is 0.381 e. The molecule has 7 nitrogen and oxygen atoms in total. The average molecular weight is 475 g/mol. The number of aromatic nitrogens is 2. The van der Waals surface area contributed by atoms with Gasteiger partial charge in [-0.25, -0.2) is 4.68 Å². The third kappa shape index (κ3) is 5.32.